The summed E-state index contributed by atoms with van der Waals surface area (Å²) in [7, 11) is 0. The molecule has 0 bridgehead atoms. The van der Waals surface area contributed by atoms with Gasteiger partial charge in [-0.05, 0) is 19.3 Å². The van der Waals surface area contributed by atoms with E-state index >= 15 is 0 Å². The van der Waals surface area contributed by atoms with Gasteiger partial charge in [0, 0.05) is 24.8 Å². The third-order valence-electron chi connectivity index (χ3n) is 3.26. The lowest BCUT2D eigenvalue weighted by molar-refractivity contribution is 0.372. The average molecular weight is 202 g/mol. The van der Waals surface area contributed by atoms with E-state index in [0.717, 1.165) is 0 Å². The average Bonchev–Trinajstić information content (AvgIpc) is 3.01. The van der Waals surface area contributed by atoms with Crippen LogP contribution >= 0.6 is 0 Å². The summed E-state index contributed by atoms with van der Waals surface area (Å²) in [6, 6.07) is 1.09. The molecule has 1 fully saturated rings. The summed E-state index contributed by atoms with van der Waals surface area (Å²) in [6.45, 7) is 0. The van der Waals surface area contributed by atoms with Crippen LogP contribution in [0.1, 0.15) is 31.3 Å². The van der Waals surface area contributed by atoms with E-state index < -0.39 is 0 Å². The molecule has 2 unspecified atom stereocenters. The first-order valence-corrected chi connectivity index (χ1v) is 5.40. The minimum Gasteiger partial charge on any atom is -0.332 e. The van der Waals surface area contributed by atoms with Crippen molar-refractivity contribution in [2.24, 2.45) is 0 Å². The van der Waals surface area contributed by atoms with Crippen LogP contribution in [0.4, 0.5) is 0 Å². The molecule has 1 aliphatic carbocycles. The van der Waals surface area contributed by atoms with E-state index in [1.54, 1.807) is 0 Å². The molecule has 0 aliphatic heterocycles. The predicted molar refractivity (Wildman–Crippen MR) is 56.4 cm³/mol. The van der Waals surface area contributed by atoms with Crippen molar-refractivity contribution in [1.29, 1.82) is 0 Å². The molecule has 2 atom stereocenters. The molecule has 0 saturated heterocycles. The van der Waals surface area contributed by atoms with Crippen LogP contribution in [0, 0.1) is 0 Å². The molecule has 2 heterocycles. The Morgan fingerprint density at radius 1 is 0.867 bits per heavy atom. The minimum atomic E-state index is 0.543. The monoisotopic (exact) mass is 202 g/mol. The Morgan fingerprint density at radius 2 is 1.40 bits per heavy atom. The minimum absolute atomic E-state index is 0.543. The lowest BCUT2D eigenvalue weighted by Gasteiger charge is -2.21. The van der Waals surface area contributed by atoms with E-state index in [1.807, 2.05) is 25.0 Å². The summed E-state index contributed by atoms with van der Waals surface area (Å²) in [5.41, 5.74) is 0. The van der Waals surface area contributed by atoms with Gasteiger partial charge in [-0.3, -0.25) is 0 Å². The molecule has 2 aromatic heterocycles. The smallest absolute Gasteiger partial charge is 0.0949 e. The molecule has 0 spiro atoms. The van der Waals surface area contributed by atoms with Gasteiger partial charge in [-0.25, -0.2) is 9.97 Å². The van der Waals surface area contributed by atoms with E-state index in [2.05, 4.69) is 31.5 Å². The highest BCUT2D eigenvalue weighted by molar-refractivity contribution is 4.93. The van der Waals surface area contributed by atoms with Crippen molar-refractivity contribution in [1.82, 2.24) is 19.1 Å². The molecule has 15 heavy (non-hydrogen) atoms. The molecule has 3 rings (SSSR count). The molecule has 0 N–H and O–H groups in total. The van der Waals surface area contributed by atoms with Gasteiger partial charge in [0.05, 0.1) is 24.7 Å². The largest absolute Gasteiger partial charge is 0.332 e. The molecule has 78 valence electrons. The Hall–Kier alpha value is -1.58. The zero-order chi connectivity index (χ0) is 10.1. The predicted octanol–water partition coefficient (Wildman–Crippen LogP) is 2.05. The lowest BCUT2D eigenvalue weighted by atomic mass is 10.1. The van der Waals surface area contributed by atoms with Crippen molar-refractivity contribution in [3.05, 3.63) is 37.4 Å². The van der Waals surface area contributed by atoms with E-state index in [1.165, 1.54) is 19.3 Å². The normalized spacial score (nSPS) is 25.9. The van der Waals surface area contributed by atoms with Crippen molar-refractivity contribution in [2.45, 2.75) is 31.3 Å². The van der Waals surface area contributed by atoms with Gasteiger partial charge >= 0.3 is 0 Å². The second-order valence-electron chi connectivity index (χ2n) is 4.09. The third kappa shape index (κ3) is 1.46. The highest BCUT2D eigenvalue weighted by Crippen LogP contribution is 2.38. The number of hydrogen-bond acceptors (Lipinski definition) is 2. The van der Waals surface area contributed by atoms with Crippen LogP contribution in [0.25, 0.3) is 0 Å². The van der Waals surface area contributed by atoms with Gasteiger partial charge in [0.1, 0.15) is 0 Å². The molecule has 0 radical (unpaired) electrons. The Balaban J connectivity index is 1.90. The van der Waals surface area contributed by atoms with Crippen molar-refractivity contribution >= 4 is 0 Å². The Bertz CT molecular complexity index is 363. The van der Waals surface area contributed by atoms with Gasteiger partial charge < -0.3 is 9.13 Å². The van der Waals surface area contributed by atoms with Crippen molar-refractivity contribution in [2.75, 3.05) is 0 Å². The molecule has 4 nitrogen and oxygen atoms in total. The molecular weight excluding hydrogens is 188 g/mol. The maximum Gasteiger partial charge on any atom is 0.0949 e. The van der Waals surface area contributed by atoms with Crippen LogP contribution in [-0.4, -0.2) is 19.1 Å². The van der Waals surface area contributed by atoms with Crippen molar-refractivity contribution < 1.29 is 0 Å². The summed E-state index contributed by atoms with van der Waals surface area (Å²) in [5, 5.41) is 0. The topological polar surface area (TPSA) is 35.6 Å². The highest BCUT2D eigenvalue weighted by Gasteiger charge is 2.29. The molecule has 0 aromatic carbocycles. The van der Waals surface area contributed by atoms with Crippen LogP contribution < -0.4 is 0 Å². The van der Waals surface area contributed by atoms with Gasteiger partial charge in [0.2, 0.25) is 0 Å². The first-order valence-electron chi connectivity index (χ1n) is 5.40. The summed E-state index contributed by atoms with van der Waals surface area (Å²) in [5.74, 6) is 0. The van der Waals surface area contributed by atoms with Crippen LogP contribution in [0.3, 0.4) is 0 Å². The van der Waals surface area contributed by atoms with Gasteiger partial charge in [0.25, 0.3) is 0 Å². The van der Waals surface area contributed by atoms with E-state index in [0.29, 0.717) is 12.1 Å². The maximum atomic E-state index is 4.12. The summed E-state index contributed by atoms with van der Waals surface area (Å²) in [6.07, 6.45) is 15.4. The number of aromatic nitrogens is 4. The fourth-order valence-corrected chi connectivity index (χ4v) is 2.55. The third-order valence-corrected chi connectivity index (χ3v) is 3.26. The zero-order valence-electron chi connectivity index (χ0n) is 8.53. The van der Waals surface area contributed by atoms with Gasteiger partial charge in [0.15, 0.2) is 0 Å². The molecular formula is C11H14N4. The number of hydrogen-bond donors (Lipinski definition) is 0. The fraction of sp³-hybridized carbons (Fsp3) is 0.455. The number of imidazole rings is 2. The zero-order valence-corrected chi connectivity index (χ0v) is 8.53. The number of rotatable bonds is 2. The Morgan fingerprint density at radius 3 is 1.80 bits per heavy atom. The molecule has 2 aromatic rings. The molecule has 4 heteroatoms. The Labute approximate surface area is 88.6 Å². The van der Waals surface area contributed by atoms with Crippen molar-refractivity contribution in [3.8, 4) is 0 Å². The standard InChI is InChI=1S/C11H14N4/c1-2-10(14-6-4-12-8-14)11(3-1)15-7-5-13-9-15/h4-11H,1-3H2. The van der Waals surface area contributed by atoms with Crippen LogP contribution in [-0.2, 0) is 0 Å². The van der Waals surface area contributed by atoms with E-state index in [-0.39, 0.29) is 0 Å². The summed E-state index contributed by atoms with van der Waals surface area (Å²) in [4.78, 5) is 8.24. The molecule has 1 aliphatic rings. The van der Waals surface area contributed by atoms with Gasteiger partial charge in [-0.1, -0.05) is 0 Å². The van der Waals surface area contributed by atoms with Gasteiger partial charge in [-0.15, -0.1) is 0 Å². The summed E-state index contributed by atoms with van der Waals surface area (Å²) < 4.78 is 4.44. The second-order valence-corrected chi connectivity index (χ2v) is 4.09. The molecule has 0 amide bonds. The Kier molecular flexibility index (Phi) is 2.05. The highest BCUT2D eigenvalue weighted by atomic mass is 15.1. The van der Waals surface area contributed by atoms with Crippen LogP contribution in [0.2, 0.25) is 0 Å². The maximum absolute atomic E-state index is 4.12. The molecule has 1 saturated carbocycles. The SMILES string of the molecule is c1cn(C2CCCC2n2ccnc2)cn1. The van der Waals surface area contributed by atoms with Crippen LogP contribution in [0.5, 0.6) is 0 Å². The quantitative estimate of drug-likeness (QED) is 0.747. The first-order chi connectivity index (χ1) is 7.45. The van der Waals surface area contributed by atoms with E-state index in [4.69, 9.17) is 0 Å². The van der Waals surface area contributed by atoms with Crippen molar-refractivity contribution in [3.63, 3.8) is 0 Å². The fourth-order valence-electron chi connectivity index (χ4n) is 2.55. The van der Waals surface area contributed by atoms with Crippen LogP contribution in [0.15, 0.2) is 37.4 Å². The second kappa shape index (κ2) is 3.53. The first kappa shape index (κ1) is 8.71. The summed E-state index contributed by atoms with van der Waals surface area (Å²) >= 11 is 0. The van der Waals surface area contributed by atoms with E-state index in [9.17, 15) is 0 Å². The van der Waals surface area contributed by atoms with Gasteiger partial charge in [-0.2, -0.15) is 0 Å². The lowest BCUT2D eigenvalue weighted by Crippen LogP contribution is -2.15. The number of nitrogens with zero attached hydrogens (tertiary/aromatic N) is 4.